The number of anilines is 1. The standard InChI is InChI=1S/C26H42N5O9PS2/c1-15(17-18(32)26(8,35)21(39-17)31-14-30-16-19(27)28-13-29-20(16)31)40-41(36,37-9-11-42-22(33)24(2,3)4)38-10-12-43-23(34)25(5,6)7/h13-15,17-18,21,32,35H,9-12H2,1-8H3,(H2,27,28,29). The SMILES string of the molecule is CC(OP(=O)(OCCSC(=O)C(C)(C)C)OCCSC(=O)C(C)(C)C)C1OC(n2cnc3c(N)ncnc32)C(C)(O)C1O. The number of imidazole rings is 1. The zero-order valence-electron chi connectivity index (χ0n) is 25.7. The van der Waals surface area contributed by atoms with E-state index in [9.17, 15) is 24.4 Å². The molecular weight excluding hydrogens is 621 g/mol. The molecule has 4 N–H and O–H groups in total. The van der Waals surface area contributed by atoms with E-state index in [1.165, 1.54) is 31.1 Å². The molecule has 0 bridgehead atoms. The zero-order chi connectivity index (χ0) is 32.4. The average molecular weight is 664 g/mol. The number of phosphoric ester groups is 1. The number of nitrogen functional groups attached to an aromatic ring is 1. The van der Waals surface area contributed by atoms with Gasteiger partial charge < -0.3 is 20.7 Å². The summed E-state index contributed by atoms with van der Waals surface area (Å²) < 4.78 is 38.1. The number of thioether (sulfide) groups is 2. The molecule has 14 nitrogen and oxygen atoms in total. The van der Waals surface area contributed by atoms with Gasteiger partial charge in [0.2, 0.25) is 0 Å². The van der Waals surface area contributed by atoms with Crippen molar-refractivity contribution in [2.24, 2.45) is 10.8 Å². The van der Waals surface area contributed by atoms with Crippen molar-refractivity contribution in [1.29, 1.82) is 0 Å². The Morgan fingerprint density at radius 1 is 1.09 bits per heavy atom. The molecule has 43 heavy (non-hydrogen) atoms. The number of aliphatic hydroxyl groups is 2. The fraction of sp³-hybridized carbons (Fsp3) is 0.731. The molecule has 2 aromatic rings. The summed E-state index contributed by atoms with van der Waals surface area (Å²) in [5.41, 5.74) is 3.48. The molecule has 0 radical (unpaired) electrons. The zero-order valence-corrected chi connectivity index (χ0v) is 28.2. The smallest absolute Gasteiger partial charge is 0.387 e. The summed E-state index contributed by atoms with van der Waals surface area (Å²) in [6.07, 6.45) is -2.37. The maximum Gasteiger partial charge on any atom is 0.475 e. The van der Waals surface area contributed by atoms with Gasteiger partial charge in [-0.1, -0.05) is 65.1 Å². The van der Waals surface area contributed by atoms with Crippen LogP contribution in [0.15, 0.2) is 12.7 Å². The number of rotatable bonds is 12. The fourth-order valence-corrected chi connectivity index (χ4v) is 7.13. The Morgan fingerprint density at radius 2 is 1.63 bits per heavy atom. The van der Waals surface area contributed by atoms with E-state index in [-0.39, 0.29) is 46.4 Å². The second-order valence-electron chi connectivity index (χ2n) is 12.4. The van der Waals surface area contributed by atoms with Crippen LogP contribution in [0, 0.1) is 10.8 Å². The van der Waals surface area contributed by atoms with E-state index >= 15 is 0 Å². The number of aliphatic hydroxyl groups excluding tert-OH is 1. The molecule has 0 amide bonds. The minimum atomic E-state index is -4.30. The maximum atomic E-state index is 13.8. The van der Waals surface area contributed by atoms with Crippen LogP contribution in [-0.4, -0.2) is 88.6 Å². The number of hydrogen-bond donors (Lipinski definition) is 3. The highest BCUT2D eigenvalue weighted by molar-refractivity contribution is 8.14. The van der Waals surface area contributed by atoms with Crippen molar-refractivity contribution in [2.75, 3.05) is 30.5 Å². The van der Waals surface area contributed by atoms with E-state index in [0.29, 0.717) is 5.52 Å². The average Bonchev–Trinajstić information content (AvgIpc) is 3.42. The number of hydrogen-bond acceptors (Lipinski definition) is 15. The number of phosphoric acid groups is 1. The summed E-state index contributed by atoms with van der Waals surface area (Å²) in [6.45, 7) is 13.4. The monoisotopic (exact) mass is 663 g/mol. The molecular formula is C26H42N5O9PS2. The molecule has 17 heteroatoms. The van der Waals surface area contributed by atoms with Crippen molar-refractivity contribution >= 4 is 58.6 Å². The molecule has 242 valence electrons. The van der Waals surface area contributed by atoms with Crippen LogP contribution in [0.2, 0.25) is 0 Å². The molecule has 0 aliphatic carbocycles. The van der Waals surface area contributed by atoms with E-state index in [1.54, 1.807) is 41.5 Å². The normalized spacial score (nSPS) is 24.0. The number of ether oxygens (including phenoxy) is 1. The van der Waals surface area contributed by atoms with Crippen molar-refractivity contribution in [3.63, 3.8) is 0 Å². The van der Waals surface area contributed by atoms with Gasteiger partial charge in [-0.3, -0.25) is 27.7 Å². The van der Waals surface area contributed by atoms with E-state index in [2.05, 4.69) is 15.0 Å². The number of carbonyl (C=O) groups is 2. The third-order valence-corrected chi connectivity index (χ3v) is 10.5. The third-order valence-electron chi connectivity index (χ3n) is 6.45. The number of carbonyl (C=O) groups excluding carboxylic acids is 2. The van der Waals surface area contributed by atoms with Crippen LogP contribution in [0.5, 0.6) is 0 Å². The Labute approximate surface area is 259 Å². The second-order valence-corrected chi connectivity index (χ2v) is 16.2. The van der Waals surface area contributed by atoms with Crippen molar-refractivity contribution in [1.82, 2.24) is 19.5 Å². The molecule has 1 fully saturated rings. The largest absolute Gasteiger partial charge is 0.475 e. The van der Waals surface area contributed by atoms with E-state index < -0.39 is 48.8 Å². The molecule has 1 saturated heterocycles. The molecule has 5 atom stereocenters. The molecule has 1 aliphatic rings. The highest BCUT2D eigenvalue weighted by Gasteiger charge is 2.56. The molecule has 5 unspecified atom stereocenters. The first kappa shape index (κ1) is 35.9. The van der Waals surface area contributed by atoms with Gasteiger partial charge in [0.05, 0.1) is 25.6 Å². The molecule has 3 rings (SSSR count). The topological polar surface area (TPSA) is 198 Å². The van der Waals surface area contributed by atoms with E-state index in [4.69, 9.17) is 24.0 Å². The lowest BCUT2D eigenvalue weighted by atomic mass is 9.94. The van der Waals surface area contributed by atoms with E-state index in [1.807, 2.05) is 0 Å². The highest BCUT2D eigenvalue weighted by Crippen LogP contribution is 2.53. The minimum Gasteiger partial charge on any atom is -0.387 e. The van der Waals surface area contributed by atoms with Crippen LogP contribution in [0.3, 0.4) is 0 Å². The lowest BCUT2D eigenvalue weighted by molar-refractivity contribution is -0.118. The number of nitrogens with two attached hydrogens (primary N) is 1. The molecule has 0 spiro atoms. The van der Waals surface area contributed by atoms with Crippen LogP contribution < -0.4 is 5.73 Å². The van der Waals surface area contributed by atoms with Crippen molar-refractivity contribution in [3.8, 4) is 0 Å². The second kappa shape index (κ2) is 13.8. The number of nitrogens with zero attached hydrogens (tertiary/aromatic N) is 4. The van der Waals surface area contributed by atoms with Crippen LogP contribution in [0.25, 0.3) is 11.2 Å². The summed E-state index contributed by atoms with van der Waals surface area (Å²) in [4.78, 5) is 36.8. The first-order valence-corrected chi connectivity index (χ1v) is 17.1. The molecule has 0 saturated carbocycles. The van der Waals surface area contributed by atoms with Crippen LogP contribution in [0.4, 0.5) is 5.82 Å². The lowest BCUT2D eigenvalue weighted by Crippen LogP contribution is -2.46. The van der Waals surface area contributed by atoms with Gasteiger partial charge in [-0.05, 0) is 13.8 Å². The van der Waals surface area contributed by atoms with Crippen LogP contribution in [-0.2, 0) is 32.5 Å². The van der Waals surface area contributed by atoms with Gasteiger partial charge in [-0.15, -0.1) is 0 Å². The summed E-state index contributed by atoms with van der Waals surface area (Å²) in [5, 5.41) is 22.2. The fourth-order valence-electron chi connectivity index (χ4n) is 3.96. The number of fused-ring (bicyclic) bond motifs is 1. The van der Waals surface area contributed by atoms with Crippen molar-refractivity contribution in [3.05, 3.63) is 12.7 Å². The Bertz CT molecular complexity index is 1310. The van der Waals surface area contributed by atoms with Crippen molar-refractivity contribution in [2.45, 2.75) is 85.5 Å². The Balaban J connectivity index is 1.74. The number of aromatic nitrogens is 4. The summed E-state index contributed by atoms with van der Waals surface area (Å²) >= 11 is 2.07. The van der Waals surface area contributed by atoms with Gasteiger partial charge in [-0.25, -0.2) is 19.5 Å². The third kappa shape index (κ3) is 8.76. The van der Waals surface area contributed by atoms with Crippen LogP contribution >= 0.6 is 31.3 Å². The summed E-state index contributed by atoms with van der Waals surface area (Å²) in [7, 11) is -4.30. The maximum absolute atomic E-state index is 13.8. The Morgan fingerprint density at radius 3 is 2.14 bits per heavy atom. The predicted molar refractivity (Wildman–Crippen MR) is 164 cm³/mol. The molecule has 2 aromatic heterocycles. The highest BCUT2D eigenvalue weighted by atomic mass is 32.2. The Hall–Kier alpha value is -1.62. The van der Waals surface area contributed by atoms with Gasteiger partial charge in [0, 0.05) is 22.3 Å². The van der Waals surface area contributed by atoms with Crippen molar-refractivity contribution < 1.29 is 42.7 Å². The van der Waals surface area contributed by atoms with Gasteiger partial charge in [0.1, 0.15) is 29.7 Å². The first-order valence-electron chi connectivity index (χ1n) is 13.7. The van der Waals surface area contributed by atoms with Crippen LogP contribution in [0.1, 0.15) is 61.6 Å². The van der Waals surface area contributed by atoms with Gasteiger partial charge in [0.15, 0.2) is 27.9 Å². The van der Waals surface area contributed by atoms with E-state index in [0.717, 1.165) is 23.5 Å². The molecule has 0 aromatic carbocycles. The van der Waals surface area contributed by atoms with Gasteiger partial charge >= 0.3 is 7.82 Å². The molecule has 3 heterocycles. The lowest BCUT2D eigenvalue weighted by Gasteiger charge is -2.28. The van der Waals surface area contributed by atoms with Gasteiger partial charge in [0.25, 0.3) is 0 Å². The predicted octanol–water partition coefficient (Wildman–Crippen LogP) is 3.58. The first-order chi connectivity index (χ1) is 19.8. The Kier molecular flexibility index (Phi) is 11.5. The minimum absolute atomic E-state index is 0.0620. The summed E-state index contributed by atoms with van der Waals surface area (Å²) in [5.74, 6) is 0.516. The summed E-state index contributed by atoms with van der Waals surface area (Å²) in [6, 6.07) is 0. The van der Waals surface area contributed by atoms with Gasteiger partial charge in [-0.2, -0.15) is 0 Å². The quantitative estimate of drug-likeness (QED) is 0.220. The molecule has 1 aliphatic heterocycles.